The zero-order valence-electron chi connectivity index (χ0n) is 7.54. The van der Waals surface area contributed by atoms with Gasteiger partial charge in [-0.2, -0.15) is 0 Å². The van der Waals surface area contributed by atoms with E-state index in [0.29, 0.717) is 0 Å². The van der Waals surface area contributed by atoms with E-state index in [9.17, 15) is 0 Å². The van der Waals surface area contributed by atoms with E-state index in [2.05, 4.69) is 24.3 Å². The van der Waals surface area contributed by atoms with E-state index in [4.69, 9.17) is 11.6 Å². The van der Waals surface area contributed by atoms with Crippen molar-refractivity contribution >= 4 is 11.6 Å². The molecule has 2 aliphatic carbocycles. The van der Waals surface area contributed by atoms with Crippen molar-refractivity contribution in [2.45, 2.75) is 18.8 Å². The fourth-order valence-electron chi connectivity index (χ4n) is 2.92. The van der Waals surface area contributed by atoms with Crippen LogP contribution in [-0.4, -0.2) is 5.88 Å². The third-order valence-electron chi connectivity index (χ3n) is 3.67. The molecule has 1 aromatic rings. The van der Waals surface area contributed by atoms with Crippen LogP contribution in [0.1, 0.15) is 23.5 Å². The Labute approximate surface area is 83.9 Å². The number of rotatable bonds is 1. The Bertz CT molecular complexity index is 328. The number of halogens is 1. The van der Waals surface area contributed by atoms with Crippen LogP contribution in [0, 0.1) is 11.8 Å². The Morgan fingerprint density at radius 3 is 3.00 bits per heavy atom. The first-order valence-electron chi connectivity index (χ1n) is 5.05. The number of aryl methyl sites for hydroxylation is 1. The first kappa shape index (κ1) is 7.87. The summed E-state index contributed by atoms with van der Waals surface area (Å²) in [4.78, 5) is 0. The van der Waals surface area contributed by atoms with Crippen LogP contribution >= 0.6 is 11.6 Å². The van der Waals surface area contributed by atoms with Crippen LogP contribution in [0.5, 0.6) is 0 Å². The van der Waals surface area contributed by atoms with Gasteiger partial charge in [0, 0.05) is 5.88 Å². The monoisotopic (exact) mass is 192 g/mol. The molecule has 0 aromatic heterocycles. The minimum atomic E-state index is 0.783. The third kappa shape index (κ3) is 1.05. The molecule has 0 aliphatic heterocycles. The molecule has 0 spiro atoms. The summed E-state index contributed by atoms with van der Waals surface area (Å²) < 4.78 is 0. The van der Waals surface area contributed by atoms with E-state index < -0.39 is 0 Å². The minimum Gasteiger partial charge on any atom is -0.126 e. The lowest BCUT2D eigenvalue weighted by atomic mass is 9.92. The van der Waals surface area contributed by atoms with Crippen molar-refractivity contribution in [2.24, 2.45) is 11.8 Å². The number of benzene rings is 1. The molecule has 0 heterocycles. The molecule has 1 aromatic carbocycles. The van der Waals surface area contributed by atoms with Gasteiger partial charge < -0.3 is 0 Å². The van der Waals surface area contributed by atoms with Crippen LogP contribution in [0.15, 0.2) is 24.3 Å². The highest BCUT2D eigenvalue weighted by Crippen LogP contribution is 2.59. The van der Waals surface area contributed by atoms with Gasteiger partial charge in [-0.3, -0.25) is 0 Å². The van der Waals surface area contributed by atoms with Gasteiger partial charge in [-0.15, -0.1) is 11.6 Å². The molecule has 0 saturated heterocycles. The van der Waals surface area contributed by atoms with Crippen LogP contribution in [-0.2, 0) is 6.42 Å². The van der Waals surface area contributed by atoms with E-state index in [0.717, 1.165) is 23.6 Å². The molecule has 3 rings (SSSR count). The summed E-state index contributed by atoms with van der Waals surface area (Å²) in [5.41, 5.74) is 3.15. The molecule has 2 aliphatic rings. The maximum absolute atomic E-state index is 5.94. The Morgan fingerprint density at radius 2 is 2.15 bits per heavy atom. The molecule has 3 atom stereocenters. The average Bonchev–Trinajstić information content (AvgIpc) is 2.91. The summed E-state index contributed by atoms with van der Waals surface area (Å²) in [7, 11) is 0. The second kappa shape index (κ2) is 2.75. The molecular weight excluding hydrogens is 180 g/mol. The van der Waals surface area contributed by atoms with Crippen molar-refractivity contribution < 1.29 is 0 Å². The third-order valence-corrected chi connectivity index (χ3v) is 4.03. The van der Waals surface area contributed by atoms with Gasteiger partial charge in [0.1, 0.15) is 0 Å². The Morgan fingerprint density at radius 1 is 1.31 bits per heavy atom. The summed E-state index contributed by atoms with van der Waals surface area (Å²) >= 11 is 5.94. The summed E-state index contributed by atoms with van der Waals surface area (Å²) in [6.07, 6.45) is 2.63. The highest BCUT2D eigenvalue weighted by atomic mass is 35.5. The highest BCUT2D eigenvalue weighted by molar-refractivity contribution is 6.18. The smallest absolute Gasteiger partial charge is 0.0260 e. The Hall–Kier alpha value is -0.490. The molecule has 1 saturated carbocycles. The summed E-state index contributed by atoms with van der Waals surface area (Å²) in [6, 6.07) is 8.87. The lowest BCUT2D eigenvalue weighted by Crippen LogP contribution is -2.00. The Balaban J connectivity index is 2.00. The molecule has 1 heteroatoms. The van der Waals surface area contributed by atoms with Gasteiger partial charge in [-0.1, -0.05) is 24.3 Å². The van der Waals surface area contributed by atoms with Crippen molar-refractivity contribution in [2.75, 3.05) is 5.88 Å². The molecule has 0 N–H and O–H groups in total. The van der Waals surface area contributed by atoms with E-state index in [1.165, 1.54) is 12.8 Å². The van der Waals surface area contributed by atoms with Gasteiger partial charge in [0.05, 0.1) is 0 Å². The molecule has 68 valence electrons. The zero-order chi connectivity index (χ0) is 8.84. The maximum Gasteiger partial charge on any atom is 0.0260 e. The molecular formula is C12H13Cl. The number of hydrogen-bond acceptors (Lipinski definition) is 0. The van der Waals surface area contributed by atoms with Crippen LogP contribution < -0.4 is 0 Å². The van der Waals surface area contributed by atoms with Crippen LogP contribution in [0.3, 0.4) is 0 Å². The lowest BCUT2D eigenvalue weighted by Gasteiger charge is -2.13. The SMILES string of the molecule is ClCC1C2CCc3ccccc3C12. The van der Waals surface area contributed by atoms with E-state index >= 15 is 0 Å². The van der Waals surface area contributed by atoms with E-state index in [-0.39, 0.29) is 0 Å². The van der Waals surface area contributed by atoms with Gasteiger partial charge >= 0.3 is 0 Å². The topological polar surface area (TPSA) is 0 Å². The second-order valence-electron chi connectivity index (χ2n) is 4.25. The summed E-state index contributed by atoms with van der Waals surface area (Å²) in [6.45, 7) is 0. The first-order valence-corrected chi connectivity index (χ1v) is 5.59. The van der Waals surface area contributed by atoms with Crippen molar-refractivity contribution in [3.63, 3.8) is 0 Å². The van der Waals surface area contributed by atoms with E-state index in [1.807, 2.05) is 0 Å². The lowest BCUT2D eigenvalue weighted by molar-refractivity contribution is 0.647. The predicted molar refractivity (Wildman–Crippen MR) is 55.2 cm³/mol. The van der Waals surface area contributed by atoms with Gasteiger partial charge in [-0.05, 0) is 41.7 Å². The molecule has 0 nitrogen and oxygen atoms in total. The summed E-state index contributed by atoms with van der Waals surface area (Å²) in [5.74, 6) is 3.35. The molecule has 0 amide bonds. The normalized spacial score (nSPS) is 35.0. The van der Waals surface area contributed by atoms with Gasteiger partial charge in [-0.25, -0.2) is 0 Å². The minimum absolute atomic E-state index is 0.783. The number of hydrogen-bond donors (Lipinski definition) is 0. The highest BCUT2D eigenvalue weighted by Gasteiger charge is 2.52. The maximum atomic E-state index is 5.94. The van der Waals surface area contributed by atoms with Crippen molar-refractivity contribution in [3.05, 3.63) is 35.4 Å². The molecule has 1 fully saturated rings. The van der Waals surface area contributed by atoms with Crippen LogP contribution in [0.4, 0.5) is 0 Å². The fraction of sp³-hybridized carbons (Fsp3) is 0.500. The molecule has 0 bridgehead atoms. The zero-order valence-corrected chi connectivity index (χ0v) is 8.30. The predicted octanol–water partition coefficient (Wildman–Crippen LogP) is 3.20. The standard InChI is InChI=1S/C12H13Cl/c13-7-11-10-6-5-8-3-1-2-4-9(8)12(10)11/h1-4,10-12H,5-7H2. The quantitative estimate of drug-likeness (QED) is 0.600. The number of fused-ring (bicyclic) bond motifs is 3. The molecule has 0 radical (unpaired) electrons. The average molecular weight is 193 g/mol. The van der Waals surface area contributed by atoms with E-state index in [1.54, 1.807) is 11.1 Å². The van der Waals surface area contributed by atoms with Crippen LogP contribution in [0.2, 0.25) is 0 Å². The second-order valence-corrected chi connectivity index (χ2v) is 4.55. The summed E-state index contributed by atoms with van der Waals surface area (Å²) in [5, 5.41) is 0. The van der Waals surface area contributed by atoms with Gasteiger partial charge in [0.2, 0.25) is 0 Å². The van der Waals surface area contributed by atoms with Crippen molar-refractivity contribution in [1.82, 2.24) is 0 Å². The van der Waals surface area contributed by atoms with Gasteiger partial charge in [0.25, 0.3) is 0 Å². The molecule has 13 heavy (non-hydrogen) atoms. The fourth-order valence-corrected chi connectivity index (χ4v) is 3.34. The van der Waals surface area contributed by atoms with Crippen molar-refractivity contribution in [1.29, 1.82) is 0 Å². The molecule has 3 unspecified atom stereocenters. The van der Waals surface area contributed by atoms with Crippen molar-refractivity contribution in [3.8, 4) is 0 Å². The Kier molecular flexibility index (Phi) is 1.66. The number of alkyl halides is 1. The van der Waals surface area contributed by atoms with Gasteiger partial charge in [0.15, 0.2) is 0 Å². The first-order chi connectivity index (χ1) is 6.42. The largest absolute Gasteiger partial charge is 0.126 e. The van der Waals surface area contributed by atoms with Crippen LogP contribution in [0.25, 0.3) is 0 Å².